The Balaban J connectivity index is 1.48. The number of benzene rings is 1. The Kier molecular flexibility index (Phi) is 2.80. The van der Waals surface area contributed by atoms with Crippen LogP contribution in [0.2, 0.25) is 0 Å². The van der Waals surface area contributed by atoms with E-state index in [2.05, 4.69) is 5.32 Å². The third-order valence-corrected chi connectivity index (χ3v) is 5.38. The first-order valence-electron chi connectivity index (χ1n) is 7.88. The van der Waals surface area contributed by atoms with Crippen LogP contribution < -0.4 is 11.1 Å². The van der Waals surface area contributed by atoms with Gasteiger partial charge in [-0.1, -0.05) is 18.2 Å². The number of para-hydroxylation sites is 1. The summed E-state index contributed by atoms with van der Waals surface area (Å²) in [7, 11) is 0. The summed E-state index contributed by atoms with van der Waals surface area (Å²) in [5, 5.41) is 2.83. The first-order chi connectivity index (χ1) is 10.0. The van der Waals surface area contributed by atoms with Gasteiger partial charge in [0.1, 0.15) is 5.60 Å². The van der Waals surface area contributed by atoms with Crippen molar-refractivity contribution in [1.82, 2.24) is 0 Å². The summed E-state index contributed by atoms with van der Waals surface area (Å²) in [5.74, 6) is 1.28. The minimum atomic E-state index is -0.341. The van der Waals surface area contributed by atoms with Gasteiger partial charge < -0.3 is 10.5 Å². The quantitative estimate of drug-likeness (QED) is 0.877. The van der Waals surface area contributed by atoms with E-state index in [1.165, 1.54) is 6.42 Å². The number of hydrogen-bond donors (Lipinski definition) is 2. The highest BCUT2D eigenvalue weighted by atomic mass is 16.6. The van der Waals surface area contributed by atoms with Crippen molar-refractivity contribution in [2.75, 3.05) is 5.32 Å². The summed E-state index contributed by atoms with van der Waals surface area (Å²) >= 11 is 0. The molecule has 5 rings (SSSR count). The van der Waals surface area contributed by atoms with Gasteiger partial charge in [0.25, 0.3) is 0 Å². The van der Waals surface area contributed by atoms with E-state index in [0.29, 0.717) is 11.8 Å². The average Bonchev–Trinajstić information content (AvgIpc) is 2.35. The molecule has 4 atom stereocenters. The number of nitrogens with two attached hydrogens (primary N) is 1. The van der Waals surface area contributed by atoms with Crippen molar-refractivity contribution in [3.8, 4) is 0 Å². The molecule has 0 spiro atoms. The van der Waals surface area contributed by atoms with Gasteiger partial charge >= 0.3 is 6.09 Å². The Morgan fingerprint density at radius 1 is 1.14 bits per heavy atom. The van der Waals surface area contributed by atoms with Crippen LogP contribution in [0.4, 0.5) is 10.5 Å². The second-order valence-corrected chi connectivity index (χ2v) is 7.39. The van der Waals surface area contributed by atoms with Gasteiger partial charge in [-0.2, -0.15) is 0 Å². The Labute approximate surface area is 125 Å². The molecule has 112 valence electrons. The molecule has 0 saturated heterocycles. The molecule has 4 bridgehead atoms. The number of anilines is 1. The molecule has 3 N–H and O–H groups in total. The highest BCUT2D eigenvalue weighted by Crippen LogP contribution is 2.58. The molecule has 21 heavy (non-hydrogen) atoms. The van der Waals surface area contributed by atoms with Crippen LogP contribution in [0.1, 0.15) is 38.5 Å². The number of carbonyl (C=O) groups excluding carboxylic acids is 1. The van der Waals surface area contributed by atoms with Crippen molar-refractivity contribution in [1.29, 1.82) is 0 Å². The van der Waals surface area contributed by atoms with Crippen molar-refractivity contribution in [3.05, 3.63) is 30.3 Å². The molecule has 0 aromatic heterocycles. The molecule has 0 heterocycles. The first kappa shape index (κ1) is 13.1. The Morgan fingerprint density at radius 2 is 1.81 bits per heavy atom. The minimum Gasteiger partial charge on any atom is -0.443 e. The SMILES string of the molecule is NC12C[C@H]3C[C@@H](C1)CC(OC(=O)Nc1ccccc1)(C3)C2. The summed E-state index contributed by atoms with van der Waals surface area (Å²) in [6, 6.07) is 9.45. The zero-order valence-corrected chi connectivity index (χ0v) is 12.2. The fourth-order valence-electron chi connectivity index (χ4n) is 5.23. The molecule has 4 saturated carbocycles. The zero-order valence-electron chi connectivity index (χ0n) is 12.2. The third kappa shape index (κ3) is 2.42. The molecule has 0 radical (unpaired) electrons. The van der Waals surface area contributed by atoms with Crippen LogP contribution in [0.3, 0.4) is 0 Å². The third-order valence-electron chi connectivity index (χ3n) is 5.38. The topological polar surface area (TPSA) is 64.3 Å². The molecule has 4 fully saturated rings. The summed E-state index contributed by atoms with van der Waals surface area (Å²) < 4.78 is 5.89. The maximum absolute atomic E-state index is 12.2. The number of rotatable bonds is 2. The van der Waals surface area contributed by atoms with Gasteiger partial charge in [-0.15, -0.1) is 0 Å². The van der Waals surface area contributed by atoms with Gasteiger partial charge in [-0.05, 0) is 56.1 Å². The molecular formula is C17H22N2O2. The molecule has 4 nitrogen and oxygen atoms in total. The maximum atomic E-state index is 12.2. The van der Waals surface area contributed by atoms with Crippen molar-refractivity contribution in [3.63, 3.8) is 0 Å². The largest absolute Gasteiger partial charge is 0.443 e. The number of nitrogens with one attached hydrogen (secondary N) is 1. The molecule has 1 aromatic rings. The normalized spacial score (nSPS) is 40.0. The van der Waals surface area contributed by atoms with Crippen LogP contribution in [0, 0.1) is 11.8 Å². The van der Waals surface area contributed by atoms with Gasteiger partial charge in [0.05, 0.1) is 0 Å². The van der Waals surface area contributed by atoms with Crippen molar-refractivity contribution >= 4 is 11.8 Å². The molecule has 4 aliphatic rings. The summed E-state index contributed by atoms with van der Waals surface area (Å²) in [5.41, 5.74) is 6.87. The fourth-order valence-corrected chi connectivity index (χ4v) is 5.23. The van der Waals surface area contributed by atoms with E-state index in [9.17, 15) is 4.79 Å². The number of ether oxygens (including phenoxy) is 1. The first-order valence-corrected chi connectivity index (χ1v) is 7.88. The lowest BCUT2D eigenvalue weighted by Gasteiger charge is -2.59. The predicted octanol–water partition coefficient (Wildman–Crippen LogP) is 3.29. The number of amides is 1. The summed E-state index contributed by atoms with van der Waals surface area (Å²) in [6.45, 7) is 0. The van der Waals surface area contributed by atoms with Crippen LogP contribution in [0.15, 0.2) is 30.3 Å². The van der Waals surface area contributed by atoms with Gasteiger partial charge in [-0.25, -0.2) is 4.79 Å². The molecule has 1 amide bonds. The lowest BCUT2D eigenvalue weighted by Crippen LogP contribution is -2.64. The number of carbonyl (C=O) groups is 1. The lowest BCUT2D eigenvalue weighted by atomic mass is 9.51. The number of hydrogen-bond acceptors (Lipinski definition) is 3. The van der Waals surface area contributed by atoms with Gasteiger partial charge in [0.2, 0.25) is 0 Å². The fraction of sp³-hybridized carbons (Fsp3) is 0.588. The Morgan fingerprint density at radius 3 is 2.43 bits per heavy atom. The van der Waals surface area contributed by atoms with Crippen molar-refractivity contribution < 1.29 is 9.53 Å². The van der Waals surface area contributed by atoms with Crippen LogP contribution in [0.25, 0.3) is 0 Å². The van der Waals surface area contributed by atoms with E-state index in [1.807, 2.05) is 30.3 Å². The van der Waals surface area contributed by atoms with Crippen LogP contribution in [-0.4, -0.2) is 17.2 Å². The smallest absolute Gasteiger partial charge is 0.412 e. The second-order valence-electron chi connectivity index (χ2n) is 7.39. The van der Waals surface area contributed by atoms with Gasteiger partial charge in [-0.3, -0.25) is 5.32 Å². The van der Waals surface area contributed by atoms with E-state index in [1.54, 1.807) is 0 Å². The standard InChI is InChI=1S/C17H22N2O2/c18-16-7-12-6-13(8-16)10-17(9-12,11-16)21-15(20)19-14-4-2-1-3-5-14/h1-5,12-13H,6-11,18H2,(H,19,20)/t12-,13+,16?,17?. The van der Waals surface area contributed by atoms with Crippen LogP contribution in [0.5, 0.6) is 0 Å². The molecule has 1 aromatic carbocycles. The minimum absolute atomic E-state index is 0.100. The molecule has 4 aliphatic carbocycles. The van der Waals surface area contributed by atoms with Crippen molar-refractivity contribution in [2.45, 2.75) is 49.7 Å². The second kappa shape index (κ2) is 4.47. The maximum Gasteiger partial charge on any atom is 0.412 e. The predicted molar refractivity (Wildman–Crippen MR) is 80.9 cm³/mol. The molecular weight excluding hydrogens is 264 g/mol. The highest BCUT2D eigenvalue weighted by molar-refractivity contribution is 5.84. The van der Waals surface area contributed by atoms with Crippen molar-refractivity contribution in [2.24, 2.45) is 17.6 Å². The van der Waals surface area contributed by atoms with Crippen LogP contribution in [-0.2, 0) is 4.74 Å². The van der Waals surface area contributed by atoms with Crippen LogP contribution >= 0.6 is 0 Å². The summed E-state index contributed by atoms with van der Waals surface area (Å²) in [4.78, 5) is 12.2. The van der Waals surface area contributed by atoms with Gasteiger partial charge in [0.15, 0.2) is 0 Å². The van der Waals surface area contributed by atoms with Gasteiger partial charge in [0, 0.05) is 17.6 Å². The molecule has 4 heteroatoms. The lowest BCUT2D eigenvalue weighted by molar-refractivity contribution is -0.132. The van der Waals surface area contributed by atoms with E-state index in [-0.39, 0.29) is 17.2 Å². The highest BCUT2D eigenvalue weighted by Gasteiger charge is 2.58. The van der Waals surface area contributed by atoms with E-state index < -0.39 is 0 Å². The average molecular weight is 286 g/mol. The Hall–Kier alpha value is -1.55. The monoisotopic (exact) mass is 286 g/mol. The summed E-state index contributed by atoms with van der Waals surface area (Å²) in [6.07, 6.45) is 5.95. The van der Waals surface area contributed by atoms with E-state index in [4.69, 9.17) is 10.5 Å². The molecule has 0 aliphatic heterocycles. The molecule has 2 unspecified atom stereocenters. The van der Waals surface area contributed by atoms with E-state index in [0.717, 1.165) is 37.8 Å². The Bertz CT molecular complexity index is 543. The van der Waals surface area contributed by atoms with E-state index >= 15 is 0 Å². The zero-order chi connectivity index (χ0) is 14.5.